The SMILES string of the molecule is [N-]=[N+]=C1C=CC(c2ccccc2)=CC1N. The van der Waals surface area contributed by atoms with Crippen molar-refractivity contribution in [1.82, 2.24) is 0 Å². The van der Waals surface area contributed by atoms with Crippen molar-refractivity contribution >= 4 is 11.3 Å². The fourth-order valence-electron chi connectivity index (χ4n) is 1.54. The second kappa shape index (κ2) is 4.05. The van der Waals surface area contributed by atoms with Gasteiger partial charge in [0.1, 0.15) is 6.04 Å². The average Bonchev–Trinajstić information content (AvgIpc) is 2.30. The van der Waals surface area contributed by atoms with Crippen LogP contribution in [0.15, 0.2) is 48.6 Å². The van der Waals surface area contributed by atoms with E-state index in [9.17, 15) is 0 Å². The van der Waals surface area contributed by atoms with Crippen LogP contribution in [0.3, 0.4) is 0 Å². The Morgan fingerprint density at radius 2 is 1.87 bits per heavy atom. The molecule has 1 aromatic carbocycles. The number of nitrogens with zero attached hydrogens (tertiary/aromatic N) is 2. The Morgan fingerprint density at radius 1 is 1.13 bits per heavy atom. The first kappa shape index (κ1) is 9.59. The van der Waals surface area contributed by atoms with Gasteiger partial charge in [-0.1, -0.05) is 30.3 Å². The maximum atomic E-state index is 8.65. The van der Waals surface area contributed by atoms with Gasteiger partial charge in [0.25, 0.3) is 0 Å². The van der Waals surface area contributed by atoms with Crippen molar-refractivity contribution in [1.29, 1.82) is 0 Å². The summed E-state index contributed by atoms with van der Waals surface area (Å²) in [7, 11) is 0. The van der Waals surface area contributed by atoms with E-state index < -0.39 is 0 Å². The zero-order valence-corrected chi connectivity index (χ0v) is 8.17. The highest BCUT2D eigenvalue weighted by molar-refractivity contribution is 6.02. The van der Waals surface area contributed by atoms with Crippen LogP contribution in [0.25, 0.3) is 11.1 Å². The van der Waals surface area contributed by atoms with Crippen LogP contribution in [-0.2, 0) is 0 Å². The Labute approximate surface area is 88.2 Å². The summed E-state index contributed by atoms with van der Waals surface area (Å²) in [6.45, 7) is 0. The third kappa shape index (κ3) is 1.94. The lowest BCUT2D eigenvalue weighted by Gasteiger charge is -2.09. The van der Waals surface area contributed by atoms with E-state index in [0.717, 1.165) is 11.1 Å². The predicted molar refractivity (Wildman–Crippen MR) is 60.2 cm³/mol. The minimum Gasteiger partial charge on any atom is -0.361 e. The van der Waals surface area contributed by atoms with Crippen LogP contribution in [-0.4, -0.2) is 16.5 Å². The minimum atomic E-state index is -0.338. The van der Waals surface area contributed by atoms with Crippen LogP contribution in [0.5, 0.6) is 0 Å². The number of hydrogen-bond acceptors (Lipinski definition) is 1. The van der Waals surface area contributed by atoms with Gasteiger partial charge in [0.05, 0.1) is 0 Å². The molecule has 3 nitrogen and oxygen atoms in total. The van der Waals surface area contributed by atoms with Gasteiger partial charge < -0.3 is 11.3 Å². The normalized spacial score (nSPS) is 19.7. The Morgan fingerprint density at radius 3 is 2.47 bits per heavy atom. The van der Waals surface area contributed by atoms with Gasteiger partial charge in [-0.25, -0.2) is 0 Å². The molecule has 2 N–H and O–H groups in total. The largest absolute Gasteiger partial charge is 0.361 e. The lowest BCUT2D eigenvalue weighted by molar-refractivity contribution is -0.00663. The Balaban J connectivity index is 2.36. The zero-order chi connectivity index (χ0) is 10.7. The summed E-state index contributed by atoms with van der Waals surface area (Å²) in [5.41, 5.74) is 17.1. The molecule has 1 aliphatic rings. The predicted octanol–water partition coefficient (Wildman–Crippen LogP) is 1.64. The Bertz CT molecular complexity index is 465. The van der Waals surface area contributed by atoms with E-state index >= 15 is 0 Å². The number of benzene rings is 1. The van der Waals surface area contributed by atoms with Gasteiger partial charge in [0.2, 0.25) is 0 Å². The van der Waals surface area contributed by atoms with E-state index in [4.69, 9.17) is 11.3 Å². The van der Waals surface area contributed by atoms with Crippen LogP contribution in [0.4, 0.5) is 0 Å². The fourth-order valence-corrected chi connectivity index (χ4v) is 1.54. The molecule has 15 heavy (non-hydrogen) atoms. The van der Waals surface area contributed by atoms with Crippen molar-refractivity contribution in [3.63, 3.8) is 0 Å². The lowest BCUT2D eigenvalue weighted by Crippen LogP contribution is -2.29. The maximum Gasteiger partial charge on any atom is 0.312 e. The van der Waals surface area contributed by atoms with E-state index in [-0.39, 0.29) is 6.04 Å². The Kier molecular flexibility index (Phi) is 2.59. The molecule has 0 saturated carbocycles. The van der Waals surface area contributed by atoms with E-state index in [0.29, 0.717) is 5.71 Å². The van der Waals surface area contributed by atoms with Gasteiger partial charge in [0.15, 0.2) is 0 Å². The van der Waals surface area contributed by atoms with Gasteiger partial charge in [-0.15, -0.1) is 0 Å². The highest BCUT2D eigenvalue weighted by atomic mass is 14.9. The first-order chi connectivity index (χ1) is 7.31. The van der Waals surface area contributed by atoms with Crippen LogP contribution < -0.4 is 5.73 Å². The van der Waals surface area contributed by atoms with Gasteiger partial charge in [-0.2, -0.15) is 4.79 Å². The standard InChI is InChI=1S/C12H11N3/c13-11-8-10(6-7-12(11)15-14)9-4-2-1-3-5-9/h1-8,11H,13H2. The van der Waals surface area contributed by atoms with Crippen LogP contribution in [0, 0.1) is 0 Å². The van der Waals surface area contributed by atoms with Gasteiger partial charge >= 0.3 is 5.71 Å². The van der Waals surface area contributed by atoms with Crippen LogP contribution in [0.1, 0.15) is 5.56 Å². The molecular formula is C12H11N3. The number of rotatable bonds is 1. The summed E-state index contributed by atoms with van der Waals surface area (Å²) in [5.74, 6) is 0. The van der Waals surface area contributed by atoms with E-state index in [1.807, 2.05) is 42.5 Å². The summed E-state index contributed by atoms with van der Waals surface area (Å²) in [4.78, 5) is 3.12. The molecule has 1 aromatic rings. The van der Waals surface area contributed by atoms with Crippen molar-refractivity contribution in [3.05, 3.63) is 59.7 Å². The molecule has 0 aliphatic heterocycles. The lowest BCUT2D eigenvalue weighted by atomic mass is 9.96. The molecular weight excluding hydrogens is 186 g/mol. The third-order valence-corrected chi connectivity index (χ3v) is 2.36. The molecule has 3 heteroatoms. The number of hydrogen-bond donors (Lipinski definition) is 1. The summed E-state index contributed by atoms with van der Waals surface area (Å²) in [5, 5.41) is 0. The second-order valence-electron chi connectivity index (χ2n) is 3.37. The quantitative estimate of drug-likeness (QED) is 0.540. The summed E-state index contributed by atoms with van der Waals surface area (Å²) < 4.78 is 0. The molecule has 2 rings (SSSR count). The maximum absolute atomic E-state index is 8.65. The van der Waals surface area contributed by atoms with Gasteiger partial charge in [0, 0.05) is 6.08 Å². The highest BCUT2D eigenvalue weighted by Crippen LogP contribution is 2.19. The summed E-state index contributed by atoms with van der Waals surface area (Å²) in [6.07, 6.45) is 5.51. The van der Waals surface area contributed by atoms with Gasteiger partial charge in [-0.05, 0) is 23.3 Å². The molecule has 0 aromatic heterocycles. The highest BCUT2D eigenvalue weighted by Gasteiger charge is 2.18. The summed E-state index contributed by atoms with van der Waals surface area (Å²) in [6, 6.07) is 9.62. The molecule has 0 radical (unpaired) electrons. The van der Waals surface area contributed by atoms with Crippen LogP contribution in [0.2, 0.25) is 0 Å². The zero-order valence-electron chi connectivity index (χ0n) is 8.17. The minimum absolute atomic E-state index is 0.338. The van der Waals surface area contributed by atoms with Crippen molar-refractivity contribution in [2.24, 2.45) is 5.73 Å². The number of allylic oxidation sites excluding steroid dienone is 2. The molecule has 1 atom stereocenters. The van der Waals surface area contributed by atoms with E-state index in [1.165, 1.54) is 0 Å². The smallest absolute Gasteiger partial charge is 0.312 e. The first-order valence-electron chi connectivity index (χ1n) is 4.74. The monoisotopic (exact) mass is 197 g/mol. The van der Waals surface area contributed by atoms with Crippen LogP contribution >= 0.6 is 0 Å². The van der Waals surface area contributed by atoms with E-state index in [1.54, 1.807) is 6.08 Å². The second-order valence-corrected chi connectivity index (χ2v) is 3.37. The molecule has 0 fully saturated rings. The molecule has 74 valence electrons. The molecule has 0 heterocycles. The van der Waals surface area contributed by atoms with Crippen molar-refractivity contribution in [2.45, 2.75) is 6.04 Å². The third-order valence-electron chi connectivity index (χ3n) is 2.36. The molecule has 1 unspecified atom stereocenters. The molecule has 0 amide bonds. The average molecular weight is 197 g/mol. The molecule has 0 saturated heterocycles. The van der Waals surface area contributed by atoms with E-state index in [2.05, 4.69) is 4.79 Å². The summed E-state index contributed by atoms with van der Waals surface area (Å²) >= 11 is 0. The van der Waals surface area contributed by atoms with Crippen molar-refractivity contribution < 1.29 is 4.79 Å². The Hall–Kier alpha value is -1.96. The molecule has 0 spiro atoms. The van der Waals surface area contributed by atoms with Gasteiger partial charge in [-0.3, -0.25) is 0 Å². The number of nitrogens with two attached hydrogens (primary N) is 1. The molecule has 1 aliphatic carbocycles. The topological polar surface area (TPSA) is 62.4 Å². The molecule has 0 bridgehead atoms. The van der Waals surface area contributed by atoms with Crippen molar-refractivity contribution in [2.75, 3.05) is 0 Å². The fraction of sp³-hybridized carbons (Fsp3) is 0.0833. The first-order valence-corrected chi connectivity index (χ1v) is 4.74. The van der Waals surface area contributed by atoms with Crippen molar-refractivity contribution in [3.8, 4) is 0 Å².